The van der Waals surface area contributed by atoms with Crippen molar-refractivity contribution in [3.63, 3.8) is 0 Å². The number of rotatable bonds is 4. The van der Waals surface area contributed by atoms with Crippen LogP contribution in [-0.2, 0) is 0 Å². The number of nitrogens with zero attached hydrogens (tertiary/aromatic N) is 1. The van der Waals surface area contributed by atoms with Gasteiger partial charge in [-0.3, -0.25) is 4.90 Å². The second-order valence-corrected chi connectivity index (χ2v) is 8.13. The first-order valence-corrected chi connectivity index (χ1v) is 9.19. The van der Waals surface area contributed by atoms with E-state index < -0.39 is 0 Å². The molecule has 0 spiro atoms. The fraction of sp³-hybridized carbons (Fsp3) is 0.692. The maximum absolute atomic E-state index is 6.24. The zero-order chi connectivity index (χ0) is 13.1. The van der Waals surface area contributed by atoms with Crippen LogP contribution in [0.5, 0.6) is 0 Å². The molecule has 0 aromatic carbocycles. The summed E-state index contributed by atoms with van der Waals surface area (Å²) in [5.74, 6) is 1.23. The summed E-state index contributed by atoms with van der Waals surface area (Å²) in [4.78, 5) is 3.96. The molecule has 18 heavy (non-hydrogen) atoms. The molecular formula is C13H21BrN2S2. The molecule has 2 heterocycles. The summed E-state index contributed by atoms with van der Waals surface area (Å²) in [6, 6.07) is 2.77. The molecule has 5 heteroatoms. The second-order valence-electron chi connectivity index (χ2n) is 4.87. The average molecular weight is 349 g/mol. The number of hydrogen-bond acceptors (Lipinski definition) is 4. The Morgan fingerprint density at radius 2 is 2.39 bits per heavy atom. The third kappa shape index (κ3) is 3.51. The molecule has 2 nitrogen and oxygen atoms in total. The van der Waals surface area contributed by atoms with Crippen molar-refractivity contribution in [1.29, 1.82) is 0 Å². The van der Waals surface area contributed by atoms with Gasteiger partial charge in [-0.05, 0) is 35.3 Å². The van der Waals surface area contributed by atoms with Crippen molar-refractivity contribution < 1.29 is 0 Å². The summed E-state index contributed by atoms with van der Waals surface area (Å²) in [6.07, 6.45) is 1.25. The fourth-order valence-electron chi connectivity index (χ4n) is 2.50. The maximum Gasteiger partial charge on any atom is 0.0591 e. The molecule has 1 fully saturated rings. The monoisotopic (exact) mass is 348 g/mol. The third-order valence-electron chi connectivity index (χ3n) is 3.40. The number of nitrogens with two attached hydrogens (primary N) is 1. The van der Waals surface area contributed by atoms with Crippen molar-refractivity contribution in [2.24, 2.45) is 5.73 Å². The first kappa shape index (κ1) is 14.9. The van der Waals surface area contributed by atoms with Crippen molar-refractivity contribution in [3.05, 3.63) is 20.8 Å². The number of thioether (sulfide) groups is 1. The van der Waals surface area contributed by atoms with Gasteiger partial charge >= 0.3 is 0 Å². The largest absolute Gasteiger partial charge is 0.326 e. The molecule has 0 amide bonds. The molecule has 1 saturated heterocycles. The van der Waals surface area contributed by atoms with Gasteiger partial charge in [-0.1, -0.05) is 6.92 Å². The summed E-state index contributed by atoms with van der Waals surface area (Å²) in [5, 5.41) is 2.92. The lowest BCUT2D eigenvalue weighted by Gasteiger charge is -2.39. The fourth-order valence-corrected chi connectivity index (χ4v) is 5.40. The predicted octanol–water partition coefficient (Wildman–Crippen LogP) is 3.73. The van der Waals surface area contributed by atoms with Gasteiger partial charge < -0.3 is 5.73 Å². The van der Waals surface area contributed by atoms with Crippen LogP contribution in [0.1, 0.15) is 31.2 Å². The molecule has 102 valence electrons. The molecule has 3 atom stereocenters. The molecule has 1 aliphatic heterocycles. The Labute approximate surface area is 126 Å². The number of hydrogen-bond donors (Lipinski definition) is 1. The Morgan fingerprint density at radius 1 is 1.61 bits per heavy atom. The molecular weight excluding hydrogens is 328 g/mol. The summed E-state index contributed by atoms with van der Waals surface area (Å²) in [7, 11) is 0. The molecule has 0 aliphatic carbocycles. The first-order chi connectivity index (χ1) is 8.61. The van der Waals surface area contributed by atoms with Gasteiger partial charge in [0.25, 0.3) is 0 Å². The lowest BCUT2D eigenvalue weighted by molar-refractivity contribution is 0.184. The van der Waals surface area contributed by atoms with Crippen molar-refractivity contribution in [3.8, 4) is 0 Å². The van der Waals surface area contributed by atoms with Crippen molar-refractivity contribution in [1.82, 2.24) is 4.90 Å². The van der Waals surface area contributed by atoms with Gasteiger partial charge in [0.05, 0.1) is 6.04 Å². The van der Waals surface area contributed by atoms with Gasteiger partial charge in [0, 0.05) is 44.9 Å². The van der Waals surface area contributed by atoms with Crippen LogP contribution in [0.3, 0.4) is 0 Å². The van der Waals surface area contributed by atoms with E-state index in [-0.39, 0.29) is 6.04 Å². The van der Waals surface area contributed by atoms with Crippen LogP contribution in [0.4, 0.5) is 0 Å². The van der Waals surface area contributed by atoms with E-state index in [1.54, 1.807) is 0 Å². The van der Waals surface area contributed by atoms with E-state index in [2.05, 4.69) is 57.9 Å². The second kappa shape index (κ2) is 6.75. The van der Waals surface area contributed by atoms with Gasteiger partial charge in [-0.2, -0.15) is 11.8 Å². The van der Waals surface area contributed by atoms with Gasteiger partial charge in [-0.15, -0.1) is 11.3 Å². The number of thiophene rings is 1. The topological polar surface area (TPSA) is 29.3 Å². The summed E-state index contributed by atoms with van der Waals surface area (Å²) >= 11 is 7.47. The zero-order valence-electron chi connectivity index (χ0n) is 10.9. The van der Waals surface area contributed by atoms with E-state index in [1.165, 1.54) is 28.1 Å². The molecule has 0 bridgehead atoms. The van der Waals surface area contributed by atoms with Crippen LogP contribution < -0.4 is 5.73 Å². The minimum Gasteiger partial charge on any atom is -0.326 e. The standard InChI is InChI=1S/C13H21BrN2S2/c1-3-11-7-16(4-5-17-11)13(9(2)15)12-6-10(14)8-18-12/h6,8-9,11,13H,3-5,7,15H2,1-2H3. The lowest BCUT2D eigenvalue weighted by Crippen LogP contribution is -2.45. The van der Waals surface area contributed by atoms with Crippen molar-refractivity contribution >= 4 is 39.0 Å². The van der Waals surface area contributed by atoms with Crippen LogP contribution in [0.15, 0.2) is 15.9 Å². The van der Waals surface area contributed by atoms with Crippen LogP contribution in [0, 0.1) is 0 Å². The van der Waals surface area contributed by atoms with E-state index in [0.29, 0.717) is 6.04 Å². The summed E-state index contributed by atoms with van der Waals surface area (Å²) in [6.45, 7) is 6.73. The molecule has 1 aromatic heterocycles. The molecule has 1 aliphatic rings. The predicted molar refractivity (Wildman–Crippen MR) is 86.5 cm³/mol. The number of halogens is 1. The highest BCUT2D eigenvalue weighted by molar-refractivity contribution is 9.10. The molecule has 0 radical (unpaired) electrons. The van der Waals surface area contributed by atoms with E-state index in [9.17, 15) is 0 Å². The molecule has 1 aromatic rings. The van der Waals surface area contributed by atoms with Crippen LogP contribution in [0.25, 0.3) is 0 Å². The highest BCUT2D eigenvalue weighted by Crippen LogP contribution is 2.34. The Hall–Kier alpha value is 0.450. The molecule has 3 unspecified atom stereocenters. The van der Waals surface area contributed by atoms with Crippen molar-refractivity contribution in [2.45, 2.75) is 37.6 Å². The van der Waals surface area contributed by atoms with Gasteiger partial charge in [-0.25, -0.2) is 0 Å². The van der Waals surface area contributed by atoms with Crippen LogP contribution in [-0.4, -0.2) is 35.0 Å². The lowest BCUT2D eigenvalue weighted by atomic mass is 10.1. The maximum atomic E-state index is 6.24. The third-order valence-corrected chi connectivity index (χ3v) is 6.53. The first-order valence-electron chi connectivity index (χ1n) is 6.47. The highest BCUT2D eigenvalue weighted by Gasteiger charge is 2.29. The minimum atomic E-state index is 0.177. The Bertz CT molecular complexity index is 381. The van der Waals surface area contributed by atoms with Crippen LogP contribution >= 0.6 is 39.0 Å². The minimum absolute atomic E-state index is 0.177. The summed E-state index contributed by atoms with van der Waals surface area (Å²) in [5.41, 5.74) is 6.24. The van der Waals surface area contributed by atoms with Gasteiger partial charge in [0.2, 0.25) is 0 Å². The smallest absolute Gasteiger partial charge is 0.0591 e. The van der Waals surface area contributed by atoms with E-state index >= 15 is 0 Å². The molecule has 0 saturated carbocycles. The molecule has 2 N–H and O–H groups in total. The highest BCUT2D eigenvalue weighted by atomic mass is 79.9. The van der Waals surface area contributed by atoms with E-state index in [0.717, 1.165) is 11.8 Å². The Balaban J connectivity index is 2.14. The van der Waals surface area contributed by atoms with Gasteiger partial charge in [0.15, 0.2) is 0 Å². The van der Waals surface area contributed by atoms with Gasteiger partial charge in [0.1, 0.15) is 0 Å². The SMILES string of the molecule is CCC1CN(C(c2cc(Br)cs2)C(C)N)CCS1. The normalized spacial score (nSPS) is 25.0. The quantitative estimate of drug-likeness (QED) is 0.898. The van der Waals surface area contributed by atoms with E-state index in [4.69, 9.17) is 5.73 Å². The Kier molecular flexibility index (Phi) is 5.57. The average Bonchev–Trinajstić information content (AvgIpc) is 2.75. The zero-order valence-corrected chi connectivity index (χ0v) is 14.2. The van der Waals surface area contributed by atoms with Crippen molar-refractivity contribution in [2.75, 3.05) is 18.8 Å². The van der Waals surface area contributed by atoms with Crippen LogP contribution in [0.2, 0.25) is 0 Å². The summed E-state index contributed by atoms with van der Waals surface area (Å²) < 4.78 is 1.17. The molecule has 2 rings (SSSR count). The van der Waals surface area contributed by atoms with E-state index in [1.807, 2.05) is 11.3 Å². The Morgan fingerprint density at radius 3 is 2.94 bits per heavy atom.